The van der Waals surface area contributed by atoms with E-state index in [1.165, 1.54) is 0 Å². The van der Waals surface area contributed by atoms with Gasteiger partial charge in [-0.1, -0.05) is 0 Å². The van der Waals surface area contributed by atoms with Crippen molar-refractivity contribution < 1.29 is 14.6 Å². The smallest absolute Gasteiger partial charge is 0.237 e. The summed E-state index contributed by atoms with van der Waals surface area (Å²) in [6, 6.07) is -0.281. The van der Waals surface area contributed by atoms with Crippen molar-refractivity contribution in [3.8, 4) is 0 Å². The molecule has 19 heavy (non-hydrogen) atoms. The molecule has 2 saturated heterocycles. The quantitative estimate of drug-likeness (QED) is 0.528. The van der Waals surface area contributed by atoms with Crippen LogP contribution in [0.2, 0.25) is 0 Å². The Morgan fingerprint density at radius 2 is 2.32 bits per heavy atom. The van der Waals surface area contributed by atoms with Gasteiger partial charge in [0.1, 0.15) is 0 Å². The number of carbonyl (C=O) groups excluding carboxylic acids is 1. The Hall–Kier alpha value is -0.690. The second kappa shape index (κ2) is 6.17. The first kappa shape index (κ1) is 14.7. The summed E-state index contributed by atoms with van der Waals surface area (Å²) in [5, 5.41) is 18.9. The molecule has 2 aliphatic heterocycles. The number of hydrogen-bond acceptors (Lipinski definition) is 5. The third-order valence-corrected chi connectivity index (χ3v) is 3.68. The number of ether oxygens (including phenoxy) is 1. The molecule has 6 nitrogen and oxygen atoms in total. The Morgan fingerprint density at radius 3 is 2.95 bits per heavy atom. The third kappa shape index (κ3) is 4.42. The van der Waals surface area contributed by atoms with Crippen LogP contribution < -0.4 is 16.0 Å². The molecule has 2 fully saturated rings. The summed E-state index contributed by atoms with van der Waals surface area (Å²) < 4.78 is 5.71. The van der Waals surface area contributed by atoms with Crippen molar-refractivity contribution in [3.05, 3.63) is 0 Å². The van der Waals surface area contributed by atoms with E-state index in [0.717, 1.165) is 6.54 Å². The van der Waals surface area contributed by atoms with Crippen molar-refractivity contribution in [1.29, 1.82) is 0 Å². The molecule has 1 amide bonds. The Bertz CT molecular complexity index is 312. The minimum Gasteiger partial charge on any atom is -0.393 e. The summed E-state index contributed by atoms with van der Waals surface area (Å²) >= 11 is 0. The van der Waals surface area contributed by atoms with Crippen LogP contribution in [0.5, 0.6) is 0 Å². The van der Waals surface area contributed by atoms with Crippen LogP contribution in [0.1, 0.15) is 26.7 Å². The molecular formula is C13H25N3O3. The Balaban J connectivity index is 1.69. The standard InChI is InChI=1S/C13H25N3O3/c1-13(2)8-19-10(7-16-13)6-15-12(18)11-5-9(17)3-4-14-11/h9-11,14,16-17H,3-8H2,1-2H3,(H,15,18)/t9-,10?,11+/m1/s1. The molecule has 0 spiro atoms. The van der Waals surface area contributed by atoms with Gasteiger partial charge in [-0.05, 0) is 33.2 Å². The minimum atomic E-state index is -0.370. The van der Waals surface area contributed by atoms with Crippen LogP contribution in [-0.4, -0.2) is 61.0 Å². The molecule has 2 heterocycles. The van der Waals surface area contributed by atoms with E-state index in [1.807, 2.05) is 0 Å². The molecule has 0 radical (unpaired) electrons. The van der Waals surface area contributed by atoms with Gasteiger partial charge in [-0.3, -0.25) is 4.79 Å². The fourth-order valence-corrected chi connectivity index (χ4v) is 2.39. The highest BCUT2D eigenvalue weighted by atomic mass is 16.5. The number of morpholine rings is 1. The van der Waals surface area contributed by atoms with Crippen molar-refractivity contribution in [3.63, 3.8) is 0 Å². The maximum absolute atomic E-state index is 12.0. The zero-order valence-electron chi connectivity index (χ0n) is 11.7. The molecule has 6 heteroatoms. The summed E-state index contributed by atoms with van der Waals surface area (Å²) in [6.07, 6.45) is 0.854. The van der Waals surface area contributed by atoms with Gasteiger partial charge < -0.3 is 25.8 Å². The van der Waals surface area contributed by atoms with Crippen LogP contribution in [0.3, 0.4) is 0 Å². The molecule has 2 aliphatic rings. The first-order chi connectivity index (χ1) is 8.96. The lowest BCUT2D eigenvalue weighted by molar-refractivity contribution is -0.125. The van der Waals surface area contributed by atoms with E-state index < -0.39 is 0 Å². The van der Waals surface area contributed by atoms with Crippen molar-refractivity contribution in [2.45, 2.75) is 50.5 Å². The number of hydrogen-bond donors (Lipinski definition) is 4. The van der Waals surface area contributed by atoms with E-state index in [9.17, 15) is 9.90 Å². The van der Waals surface area contributed by atoms with Crippen LogP contribution in [0, 0.1) is 0 Å². The SMILES string of the molecule is CC1(C)COC(CNC(=O)[C@@H]2C[C@H](O)CCN2)CN1. The summed E-state index contributed by atoms with van der Waals surface area (Å²) in [5.41, 5.74) is 0.00947. The molecule has 0 saturated carbocycles. The fourth-order valence-electron chi connectivity index (χ4n) is 2.39. The number of amides is 1. The predicted molar refractivity (Wildman–Crippen MR) is 71.9 cm³/mol. The van der Waals surface area contributed by atoms with E-state index in [0.29, 0.717) is 32.5 Å². The summed E-state index contributed by atoms with van der Waals surface area (Å²) in [4.78, 5) is 12.0. The van der Waals surface area contributed by atoms with Crippen molar-refractivity contribution in [2.75, 3.05) is 26.2 Å². The Labute approximate surface area is 114 Å². The number of aliphatic hydroxyl groups excluding tert-OH is 1. The molecule has 1 unspecified atom stereocenters. The first-order valence-electron chi connectivity index (χ1n) is 7.02. The van der Waals surface area contributed by atoms with Gasteiger partial charge >= 0.3 is 0 Å². The van der Waals surface area contributed by atoms with E-state index in [1.54, 1.807) is 0 Å². The van der Waals surface area contributed by atoms with Gasteiger partial charge in [0.25, 0.3) is 0 Å². The van der Waals surface area contributed by atoms with Crippen molar-refractivity contribution >= 4 is 5.91 Å². The lowest BCUT2D eigenvalue weighted by Gasteiger charge is -2.36. The molecule has 3 atom stereocenters. The largest absolute Gasteiger partial charge is 0.393 e. The number of rotatable bonds is 3. The highest BCUT2D eigenvalue weighted by Gasteiger charge is 2.29. The monoisotopic (exact) mass is 271 g/mol. The van der Waals surface area contributed by atoms with Gasteiger partial charge in [-0.15, -0.1) is 0 Å². The second-order valence-corrected chi connectivity index (χ2v) is 6.13. The highest BCUT2D eigenvalue weighted by molar-refractivity contribution is 5.81. The van der Waals surface area contributed by atoms with Crippen molar-refractivity contribution in [1.82, 2.24) is 16.0 Å². The van der Waals surface area contributed by atoms with Gasteiger partial charge in [-0.2, -0.15) is 0 Å². The molecule has 0 bridgehead atoms. The van der Waals surface area contributed by atoms with E-state index >= 15 is 0 Å². The maximum atomic E-state index is 12.0. The second-order valence-electron chi connectivity index (χ2n) is 6.13. The van der Waals surface area contributed by atoms with Gasteiger partial charge in [0.2, 0.25) is 5.91 Å². The fraction of sp³-hybridized carbons (Fsp3) is 0.923. The average molecular weight is 271 g/mol. The first-order valence-corrected chi connectivity index (χ1v) is 7.02. The normalized spacial score (nSPS) is 34.8. The number of piperidine rings is 1. The molecule has 2 rings (SSSR count). The van der Waals surface area contributed by atoms with Gasteiger partial charge in [-0.25, -0.2) is 0 Å². The lowest BCUT2D eigenvalue weighted by Crippen LogP contribution is -2.57. The topological polar surface area (TPSA) is 82.6 Å². The minimum absolute atomic E-state index is 0.00947. The Kier molecular flexibility index (Phi) is 4.78. The van der Waals surface area contributed by atoms with Crippen LogP contribution in [0.4, 0.5) is 0 Å². The van der Waals surface area contributed by atoms with E-state index in [2.05, 4.69) is 29.8 Å². The van der Waals surface area contributed by atoms with Crippen LogP contribution in [0.15, 0.2) is 0 Å². The number of nitrogens with one attached hydrogen (secondary N) is 3. The molecule has 110 valence electrons. The summed E-state index contributed by atoms with van der Waals surface area (Å²) in [7, 11) is 0. The summed E-state index contributed by atoms with van der Waals surface area (Å²) in [5.74, 6) is -0.0489. The molecule has 0 aromatic carbocycles. The average Bonchev–Trinajstić information content (AvgIpc) is 2.37. The zero-order chi connectivity index (χ0) is 13.9. The predicted octanol–water partition coefficient (Wildman–Crippen LogP) is -1.02. The maximum Gasteiger partial charge on any atom is 0.237 e. The lowest BCUT2D eigenvalue weighted by atomic mass is 10.0. The van der Waals surface area contributed by atoms with Crippen LogP contribution in [-0.2, 0) is 9.53 Å². The molecular weight excluding hydrogens is 246 g/mol. The van der Waals surface area contributed by atoms with Gasteiger partial charge in [0.15, 0.2) is 0 Å². The Morgan fingerprint density at radius 1 is 1.53 bits per heavy atom. The van der Waals surface area contributed by atoms with Gasteiger partial charge in [0, 0.05) is 18.6 Å². The summed E-state index contributed by atoms with van der Waals surface area (Å²) in [6.45, 7) is 6.78. The molecule has 0 aromatic heterocycles. The molecule has 0 aliphatic carbocycles. The molecule has 0 aromatic rings. The highest BCUT2D eigenvalue weighted by Crippen LogP contribution is 2.11. The van der Waals surface area contributed by atoms with Crippen LogP contribution in [0.25, 0.3) is 0 Å². The van der Waals surface area contributed by atoms with E-state index in [4.69, 9.17) is 4.74 Å². The van der Waals surface area contributed by atoms with Gasteiger partial charge in [0.05, 0.1) is 24.9 Å². The number of carbonyl (C=O) groups is 1. The zero-order valence-corrected chi connectivity index (χ0v) is 11.7. The third-order valence-electron chi connectivity index (χ3n) is 3.68. The van der Waals surface area contributed by atoms with E-state index in [-0.39, 0.29) is 29.7 Å². The van der Waals surface area contributed by atoms with Crippen molar-refractivity contribution in [2.24, 2.45) is 0 Å². The molecule has 4 N–H and O–H groups in total. The number of aliphatic hydroxyl groups is 1. The van der Waals surface area contributed by atoms with Crippen LogP contribution >= 0.6 is 0 Å².